The van der Waals surface area contributed by atoms with Gasteiger partial charge < -0.3 is 24.3 Å². The zero-order valence-electron chi connectivity index (χ0n) is 15.9. The maximum atomic E-state index is 12.5. The van der Waals surface area contributed by atoms with E-state index in [0.29, 0.717) is 42.5 Å². The number of anilines is 1. The summed E-state index contributed by atoms with van der Waals surface area (Å²) in [5.74, 6) is -0.379. The third-order valence-electron chi connectivity index (χ3n) is 4.50. The lowest BCUT2D eigenvalue weighted by atomic mass is 10.2. The van der Waals surface area contributed by atoms with E-state index >= 15 is 0 Å². The number of quaternary nitrogens is 1. The Morgan fingerprint density at radius 3 is 2.71 bits per heavy atom. The summed E-state index contributed by atoms with van der Waals surface area (Å²) in [6, 6.07) is 5.07. The molecule has 0 bridgehead atoms. The van der Waals surface area contributed by atoms with Crippen LogP contribution in [-0.4, -0.2) is 62.0 Å². The number of hydrogen-bond donors (Lipinski definition) is 2. The summed E-state index contributed by atoms with van der Waals surface area (Å²) < 4.78 is 10.2. The van der Waals surface area contributed by atoms with Crippen molar-refractivity contribution >= 4 is 34.1 Å². The van der Waals surface area contributed by atoms with E-state index in [2.05, 4.69) is 5.32 Å². The van der Waals surface area contributed by atoms with E-state index in [0.717, 1.165) is 9.78 Å². The molecule has 2 N–H and O–H groups in total. The summed E-state index contributed by atoms with van der Waals surface area (Å²) in [6.45, 7) is 6.66. The Labute approximate surface area is 167 Å². The number of carbonyl (C=O) groups is 3. The van der Waals surface area contributed by atoms with Gasteiger partial charge in [0, 0.05) is 4.88 Å². The highest BCUT2D eigenvalue weighted by atomic mass is 32.1. The summed E-state index contributed by atoms with van der Waals surface area (Å²) in [6.07, 6.45) is 1.48. The Balaban J connectivity index is 1.51. The van der Waals surface area contributed by atoms with Crippen molar-refractivity contribution in [2.75, 3.05) is 44.6 Å². The van der Waals surface area contributed by atoms with E-state index in [4.69, 9.17) is 9.15 Å². The number of amides is 2. The number of piperazine rings is 1. The maximum absolute atomic E-state index is 12.5. The van der Waals surface area contributed by atoms with Gasteiger partial charge in [-0.15, -0.1) is 11.3 Å². The van der Waals surface area contributed by atoms with Gasteiger partial charge in [0.15, 0.2) is 12.3 Å². The summed E-state index contributed by atoms with van der Waals surface area (Å²) in [7, 11) is 0. The lowest BCUT2D eigenvalue weighted by molar-refractivity contribution is -0.895. The third-order valence-corrected chi connectivity index (χ3v) is 5.47. The summed E-state index contributed by atoms with van der Waals surface area (Å²) in [5.41, 5.74) is 0.390. The van der Waals surface area contributed by atoms with E-state index in [1.54, 1.807) is 30.0 Å². The second-order valence-electron chi connectivity index (χ2n) is 6.56. The van der Waals surface area contributed by atoms with Gasteiger partial charge in [-0.3, -0.25) is 9.59 Å². The fourth-order valence-corrected chi connectivity index (χ4v) is 4.04. The van der Waals surface area contributed by atoms with E-state index in [1.807, 2.05) is 6.92 Å². The molecule has 0 atom stereocenters. The Morgan fingerprint density at radius 2 is 2.07 bits per heavy atom. The van der Waals surface area contributed by atoms with Gasteiger partial charge in [-0.2, -0.15) is 0 Å². The Kier molecular flexibility index (Phi) is 6.48. The SMILES string of the molecule is CCOC(=O)c1cc(C)sc1NC(=O)C[NH+]1CCN(C(=O)c2ccco2)CC1. The molecule has 150 valence electrons. The van der Waals surface area contributed by atoms with Crippen LogP contribution in [0.3, 0.4) is 0 Å². The molecule has 1 aliphatic heterocycles. The molecule has 1 fully saturated rings. The Bertz CT molecular complexity index is 838. The standard InChI is InChI=1S/C19H23N3O5S/c1-3-26-19(25)14-11-13(2)28-17(14)20-16(23)12-21-6-8-22(9-7-21)18(24)15-5-4-10-27-15/h4-5,10-11H,3,6-9,12H2,1-2H3,(H,20,23)/p+1. The van der Waals surface area contributed by atoms with Crippen LogP contribution in [0, 0.1) is 6.92 Å². The minimum atomic E-state index is -0.431. The van der Waals surface area contributed by atoms with Gasteiger partial charge in [-0.25, -0.2) is 4.79 Å². The van der Waals surface area contributed by atoms with E-state index in [9.17, 15) is 14.4 Å². The first kappa shape index (κ1) is 20.1. The van der Waals surface area contributed by atoms with Crippen molar-refractivity contribution in [3.63, 3.8) is 0 Å². The topological polar surface area (TPSA) is 93.3 Å². The molecule has 0 aliphatic carbocycles. The smallest absolute Gasteiger partial charge is 0.341 e. The average Bonchev–Trinajstić information content (AvgIpc) is 3.32. The van der Waals surface area contributed by atoms with Crippen molar-refractivity contribution in [2.45, 2.75) is 13.8 Å². The van der Waals surface area contributed by atoms with Crippen LogP contribution >= 0.6 is 11.3 Å². The molecule has 0 unspecified atom stereocenters. The molecule has 0 radical (unpaired) electrons. The number of carbonyl (C=O) groups excluding carboxylic acids is 3. The zero-order chi connectivity index (χ0) is 20.1. The van der Waals surface area contributed by atoms with Gasteiger partial charge in [0.05, 0.1) is 44.6 Å². The fraction of sp³-hybridized carbons (Fsp3) is 0.421. The Hall–Kier alpha value is -2.65. The lowest BCUT2D eigenvalue weighted by Gasteiger charge is -2.31. The van der Waals surface area contributed by atoms with Gasteiger partial charge in [0.25, 0.3) is 11.8 Å². The highest BCUT2D eigenvalue weighted by molar-refractivity contribution is 7.16. The molecule has 2 aromatic rings. The number of thiophene rings is 1. The van der Waals surface area contributed by atoms with Gasteiger partial charge >= 0.3 is 5.97 Å². The molecule has 1 aliphatic rings. The van der Waals surface area contributed by atoms with Gasteiger partial charge in [-0.05, 0) is 32.0 Å². The Morgan fingerprint density at radius 1 is 1.32 bits per heavy atom. The molecule has 2 amide bonds. The molecule has 0 aromatic carbocycles. The first-order valence-electron chi connectivity index (χ1n) is 9.21. The first-order chi connectivity index (χ1) is 13.5. The largest absolute Gasteiger partial charge is 0.462 e. The minimum Gasteiger partial charge on any atom is -0.462 e. The van der Waals surface area contributed by atoms with Gasteiger partial charge in [0.1, 0.15) is 5.00 Å². The molecule has 3 heterocycles. The molecule has 9 heteroatoms. The van der Waals surface area contributed by atoms with Crippen molar-refractivity contribution in [3.05, 3.63) is 40.7 Å². The molecule has 0 saturated carbocycles. The van der Waals surface area contributed by atoms with Crippen LogP contribution in [0.15, 0.2) is 28.9 Å². The van der Waals surface area contributed by atoms with Crippen LogP contribution in [0.25, 0.3) is 0 Å². The quantitative estimate of drug-likeness (QED) is 0.693. The van der Waals surface area contributed by atoms with Crippen molar-refractivity contribution < 1.29 is 28.4 Å². The molecule has 3 rings (SSSR count). The number of nitrogens with one attached hydrogen (secondary N) is 2. The molecule has 0 spiro atoms. The number of furan rings is 1. The number of hydrogen-bond acceptors (Lipinski definition) is 6. The molecular formula is C19H24N3O5S+. The first-order valence-corrected chi connectivity index (χ1v) is 10.0. The van der Waals surface area contributed by atoms with Crippen LogP contribution in [-0.2, 0) is 9.53 Å². The fourth-order valence-electron chi connectivity index (χ4n) is 3.12. The van der Waals surface area contributed by atoms with Crippen LogP contribution < -0.4 is 10.2 Å². The molecule has 1 saturated heterocycles. The molecule has 8 nitrogen and oxygen atoms in total. The van der Waals surface area contributed by atoms with Crippen LogP contribution in [0.5, 0.6) is 0 Å². The average molecular weight is 406 g/mol. The second-order valence-corrected chi connectivity index (χ2v) is 7.82. The predicted molar refractivity (Wildman–Crippen MR) is 104 cm³/mol. The summed E-state index contributed by atoms with van der Waals surface area (Å²) >= 11 is 1.36. The zero-order valence-corrected chi connectivity index (χ0v) is 16.8. The monoisotopic (exact) mass is 406 g/mol. The maximum Gasteiger partial charge on any atom is 0.341 e. The second kappa shape index (κ2) is 9.03. The number of nitrogens with zero attached hydrogens (tertiary/aromatic N) is 1. The molecule has 2 aromatic heterocycles. The number of ether oxygens (including phenoxy) is 1. The lowest BCUT2D eigenvalue weighted by Crippen LogP contribution is -3.15. The summed E-state index contributed by atoms with van der Waals surface area (Å²) in [5, 5.41) is 3.36. The van der Waals surface area contributed by atoms with Crippen molar-refractivity contribution in [1.82, 2.24) is 4.90 Å². The molecular weight excluding hydrogens is 382 g/mol. The number of esters is 1. The predicted octanol–water partition coefficient (Wildman–Crippen LogP) is 0.806. The van der Waals surface area contributed by atoms with Crippen molar-refractivity contribution in [1.29, 1.82) is 0 Å². The van der Waals surface area contributed by atoms with Crippen LogP contribution in [0.4, 0.5) is 5.00 Å². The third kappa shape index (κ3) is 4.79. The van der Waals surface area contributed by atoms with Crippen LogP contribution in [0.1, 0.15) is 32.7 Å². The van der Waals surface area contributed by atoms with E-state index in [-0.39, 0.29) is 25.0 Å². The number of aryl methyl sites for hydroxylation is 1. The molecule has 28 heavy (non-hydrogen) atoms. The normalized spacial score (nSPS) is 14.7. The van der Waals surface area contributed by atoms with Crippen molar-refractivity contribution in [2.24, 2.45) is 0 Å². The highest BCUT2D eigenvalue weighted by Crippen LogP contribution is 2.28. The van der Waals surface area contributed by atoms with Gasteiger partial charge in [0.2, 0.25) is 0 Å². The highest BCUT2D eigenvalue weighted by Gasteiger charge is 2.27. The van der Waals surface area contributed by atoms with Gasteiger partial charge in [-0.1, -0.05) is 0 Å². The van der Waals surface area contributed by atoms with Crippen LogP contribution in [0.2, 0.25) is 0 Å². The van der Waals surface area contributed by atoms with E-state index in [1.165, 1.54) is 17.6 Å². The van der Waals surface area contributed by atoms with E-state index < -0.39 is 5.97 Å². The summed E-state index contributed by atoms with van der Waals surface area (Å²) in [4.78, 5) is 40.5. The minimum absolute atomic E-state index is 0.123. The van der Waals surface area contributed by atoms with Crippen molar-refractivity contribution in [3.8, 4) is 0 Å². The number of rotatable bonds is 6.